The van der Waals surface area contributed by atoms with Gasteiger partial charge in [0.1, 0.15) is 5.75 Å². The van der Waals surface area contributed by atoms with Gasteiger partial charge < -0.3 is 9.64 Å². The highest BCUT2D eigenvalue weighted by Gasteiger charge is 2.37. The summed E-state index contributed by atoms with van der Waals surface area (Å²) in [7, 11) is 1.52. The molecule has 1 fully saturated rings. The van der Waals surface area contributed by atoms with Crippen molar-refractivity contribution in [1.29, 1.82) is 0 Å². The average Bonchev–Trinajstić information content (AvgIpc) is 2.88. The van der Waals surface area contributed by atoms with E-state index in [2.05, 4.69) is 9.80 Å². The molecule has 38 heavy (non-hydrogen) atoms. The van der Waals surface area contributed by atoms with Crippen molar-refractivity contribution in [2.75, 3.05) is 38.2 Å². The number of nitrogens with zero attached hydrogens (tertiary/aromatic N) is 2. The summed E-state index contributed by atoms with van der Waals surface area (Å²) in [6.45, 7) is 2.48. The van der Waals surface area contributed by atoms with Gasteiger partial charge in [0.15, 0.2) is 0 Å². The smallest absolute Gasteiger partial charge is 0.416 e. The average molecular weight is 556 g/mol. The zero-order valence-corrected chi connectivity index (χ0v) is 21.2. The molecule has 0 spiro atoms. The highest BCUT2D eigenvalue weighted by atomic mass is 35.5. The van der Waals surface area contributed by atoms with E-state index in [0.717, 1.165) is 23.4 Å². The summed E-state index contributed by atoms with van der Waals surface area (Å²) in [5, 5.41) is 0.638. The zero-order valence-electron chi connectivity index (χ0n) is 20.5. The molecular weight excluding hydrogens is 530 g/mol. The fourth-order valence-corrected chi connectivity index (χ4v) is 4.97. The zero-order chi connectivity index (χ0) is 27.5. The van der Waals surface area contributed by atoms with E-state index in [-0.39, 0.29) is 18.1 Å². The van der Waals surface area contributed by atoms with E-state index in [9.17, 15) is 26.3 Å². The normalized spacial score (nSPS) is 15.9. The Labute approximate surface area is 222 Å². The Morgan fingerprint density at radius 3 is 2.00 bits per heavy atom. The number of alkyl halides is 6. The largest absolute Gasteiger partial charge is 0.496 e. The van der Waals surface area contributed by atoms with Crippen molar-refractivity contribution < 1.29 is 31.1 Å². The van der Waals surface area contributed by atoms with Crippen LogP contribution in [0.15, 0.2) is 66.7 Å². The minimum Gasteiger partial charge on any atom is -0.496 e. The molecule has 0 amide bonds. The highest BCUT2D eigenvalue weighted by Crippen LogP contribution is 2.38. The lowest BCUT2D eigenvalue weighted by atomic mass is 9.94. The first-order valence-corrected chi connectivity index (χ1v) is 12.3. The maximum atomic E-state index is 13.4. The highest BCUT2D eigenvalue weighted by molar-refractivity contribution is 6.33. The first-order chi connectivity index (χ1) is 18.0. The number of rotatable bonds is 7. The summed E-state index contributed by atoms with van der Waals surface area (Å²) in [6, 6.07) is 16.1. The van der Waals surface area contributed by atoms with Crippen molar-refractivity contribution in [1.82, 2.24) is 4.90 Å². The van der Waals surface area contributed by atoms with Gasteiger partial charge in [0.25, 0.3) is 0 Å². The molecule has 203 valence electrons. The summed E-state index contributed by atoms with van der Waals surface area (Å²) in [6.07, 6.45) is -8.14. The number of methoxy groups -OCH3 is 1. The Morgan fingerprint density at radius 1 is 0.842 bits per heavy atom. The van der Waals surface area contributed by atoms with Crippen LogP contribution in [0, 0.1) is 6.42 Å². The van der Waals surface area contributed by atoms with Crippen LogP contribution in [0.25, 0.3) is 0 Å². The number of piperazine rings is 1. The third kappa shape index (κ3) is 6.56. The maximum Gasteiger partial charge on any atom is 0.416 e. The third-order valence-corrected chi connectivity index (χ3v) is 6.90. The van der Waals surface area contributed by atoms with Crippen LogP contribution >= 0.6 is 11.6 Å². The topological polar surface area (TPSA) is 15.7 Å². The first kappa shape index (κ1) is 28.1. The molecular formula is C28H26ClF6N2O. The van der Waals surface area contributed by atoms with Crippen LogP contribution in [0.5, 0.6) is 5.75 Å². The van der Waals surface area contributed by atoms with E-state index in [0.29, 0.717) is 37.0 Å². The van der Waals surface area contributed by atoms with Gasteiger partial charge in [0.2, 0.25) is 0 Å². The predicted molar refractivity (Wildman–Crippen MR) is 135 cm³/mol. The summed E-state index contributed by atoms with van der Waals surface area (Å²) in [5.41, 5.74) is -1.02. The number of hydrogen-bond acceptors (Lipinski definition) is 3. The van der Waals surface area contributed by atoms with Crippen LogP contribution < -0.4 is 9.64 Å². The number of halogens is 7. The lowest BCUT2D eigenvalue weighted by molar-refractivity contribution is -0.143. The SMILES string of the molecule is COc1ccccc1C([CH]Cc1cc(C(F)(F)F)cc(C(F)(F)F)c1)N1CCN(c2ccccc2Cl)CC1. The van der Waals surface area contributed by atoms with Crippen molar-refractivity contribution >= 4 is 17.3 Å². The van der Waals surface area contributed by atoms with Gasteiger partial charge in [0.05, 0.1) is 28.9 Å². The molecule has 0 aliphatic carbocycles. The molecule has 3 aromatic rings. The molecule has 3 aromatic carbocycles. The van der Waals surface area contributed by atoms with Gasteiger partial charge in [-0.05, 0) is 54.8 Å². The van der Waals surface area contributed by atoms with E-state index < -0.39 is 29.5 Å². The van der Waals surface area contributed by atoms with Crippen molar-refractivity contribution in [3.63, 3.8) is 0 Å². The van der Waals surface area contributed by atoms with E-state index >= 15 is 0 Å². The molecule has 1 atom stereocenters. The van der Waals surface area contributed by atoms with Crippen LogP contribution in [0.3, 0.4) is 0 Å². The van der Waals surface area contributed by atoms with Crippen molar-refractivity contribution in [2.45, 2.75) is 24.8 Å². The molecule has 1 saturated heterocycles. The van der Waals surface area contributed by atoms with Gasteiger partial charge >= 0.3 is 12.4 Å². The van der Waals surface area contributed by atoms with Crippen LogP contribution in [-0.4, -0.2) is 38.2 Å². The van der Waals surface area contributed by atoms with Crippen LogP contribution in [0.1, 0.15) is 28.3 Å². The predicted octanol–water partition coefficient (Wildman–Crippen LogP) is 7.70. The Hall–Kier alpha value is -2.91. The summed E-state index contributed by atoms with van der Waals surface area (Å²) in [4.78, 5) is 4.30. The molecule has 1 unspecified atom stereocenters. The lowest BCUT2D eigenvalue weighted by Gasteiger charge is -2.41. The Kier molecular flexibility index (Phi) is 8.47. The molecule has 10 heteroatoms. The van der Waals surface area contributed by atoms with E-state index in [1.165, 1.54) is 7.11 Å². The number of hydrogen-bond donors (Lipinski definition) is 0. The van der Waals surface area contributed by atoms with Gasteiger partial charge in [-0.1, -0.05) is 41.9 Å². The Morgan fingerprint density at radius 2 is 1.42 bits per heavy atom. The standard InChI is InChI=1S/C28H26ClF6N2O/c1-38-26-9-5-2-6-22(26)24(36-12-14-37(15-13-36)25-8-4-3-7-23(25)29)11-10-19-16-20(27(30,31)32)18-21(17-19)28(33,34)35/h2-9,11,16-18,24H,10,12-15H2,1H3. The van der Waals surface area contributed by atoms with E-state index in [4.69, 9.17) is 16.3 Å². The maximum absolute atomic E-state index is 13.4. The van der Waals surface area contributed by atoms with Crippen LogP contribution in [0.4, 0.5) is 32.0 Å². The molecule has 0 N–H and O–H groups in total. The van der Waals surface area contributed by atoms with Gasteiger partial charge in [-0.2, -0.15) is 26.3 Å². The van der Waals surface area contributed by atoms with Gasteiger partial charge in [-0.3, -0.25) is 4.90 Å². The molecule has 0 bridgehead atoms. The fourth-order valence-electron chi connectivity index (χ4n) is 4.72. The number of para-hydroxylation sites is 2. The van der Waals surface area contributed by atoms with E-state index in [1.807, 2.05) is 36.4 Å². The fraction of sp³-hybridized carbons (Fsp3) is 0.321. The van der Waals surface area contributed by atoms with Crippen LogP contribution in [0.2, 0.25) is 5.02 Å². The van der Waals surface area contributed by atoms with Gasteiger partial charge in [-0.15, -0.1) is 0 Å². The molecule has 4 rings (SSSR count). The second-order valence-corrected chi connectivity index (χ2v) is 9.42. The Balaban J connectivity index is 1.60. The second kappa shape index (κ2) is 11.5. The molecule has 1 heterocycles. The summed E-state index contributed by atoms with van der Waals surface area (Å²) >= 11 is 6.36. The quantitative estimate of drug-likeness (QED) is 0.278. The van der Waals surface area contributed by atoms with Gasteiger partial charge in [-0.25, -0.2) is 0 Å². The van der Waals surface area contributed by atoms with Crippen molar-refractivity contribution in [3.05, 3.63) is 100 Å². The molecule has 3 nitrogen and oxygen atoms in total. The molecule has 1 radical (unpaired) electrons. The third-order valence-electron chi connectivity index (χ3n) is 6.58. The lowest BCUT2D eigenvalue weighted by Crippen LogP contribution is -2.48. The molecule has 1 aliphatic heterocycles. The second-order valence-electron chi connectivity index (χ2n) is 9.02. The summed E-state index contributed by atoms with van der Waals surface area (Å²) in [5.74, 6) is 0.585. The monoisotopic (exact) mass is 555 g/mol. The number of anilines is 1. The van der Waals surface area contributed by atoms with Gasteiger partial charge in [0, 0.05) is 37.8 Å². The molecule has 0 saturated carbocycles. The number of benzene rings is 3. The minimum atomic E-state index is -4.90. The number of ether oxygens (including phenoxy) is 1. The van der Waals surface area contributed by atoms with E-state index in [1.54, 1.807) is 18.6 Å². The Bertz CT molecular complexity index is 1210. The van der Waals surface area contributed by atoms with Crippen LogP contribution in [-0.2, 0) is 18.8 Å². The summed E-state index contributed by atoms with van der Waals surface area (Å²) < 4.78 is 85.8. The molecule has 1 aliphatic rings. The minimum absolute atomic E-state index is 0.0678. The first-order valence-electron chi connectivity index (χ1n) is 12.0. The van der Waals surface area contributed by atoms with Crippen molar-refractivity contribution in [2.24, 2.45) is 0 Å². The van der Waals surface area contributed by atoms with Crippen molar-refractivity contribution in [3.8, 4) is 5.75 Å². The molecule has 0 aromatic heterocycles.